The molecule has 2 aromatic carbocycles. The molecule has 4 aromatic rings. The van der Waals surface area contributed by atoms with Crippen LogP contribution in [0.4, 0.5) is 5.69 Å². The smallest absolute Gasteiger partial charge is 0.270 e. The minimum Gasteiger partial charge on any atom is -0.507 e. The fourth-order valence-electron chi connectivity index (χ4n) is 2.57. The molecule has 0 bridgehead atoms. The molecule has 0 atom stereocenters. The predicted molar refractivity (Wildman–Crippen MR) is 93.1 cm³/mol. The molecule has 0 aliphatic rings. The highest BCUT2D eigenvalue weighted by molar-refractivity contribution is 5.63. The molecule has 10 heteroatoms. The van der Waals surface area contributed by atoms with Crippen LogP contribution in [0.25, 0.3) is 28.7 Å². The first-order valence-corrected chi connectivity index (χ1v) is 7.84. The fourth-order valence-corrected chi connectivity index (χ4v) is 2.57. The molecule has 2 aromatic heterocycles. The van der Waals surface area contributed by atoms with E-state index < -0.39 is 4.92 Å². The summed E-state index contributed by atoms with van der Waals surface area (Å²) < 4.78 is 7.15. The number of phenols is 1. The average molecular weight is 364 g/mol. The first-order chi connectivity index (χ1) is 13.0. The molecule has 0 spiro atoms. The van der Waals surface area contributed by atoms with Gasteiger partial charge in [-0.15, -0.1) is 15.3 Å². The Bertz CT molecular complexity index is 1130. The number of nitro groups is 1. The highest BCUT2D eigenvalue weighted by Crippen LogP contribution is 2.30. The molecular formula is C17H12N6O4. The number of rotatable bonds is 4. The van der Waals surface area contributed by atoms with Crippen LogP contribution in [0.3, 0.4) is 0 Å². The Labute approximate surface area is 151 Å². The minimum atomic E-state index is -0.470. The van der Waals surface area contributed by atoms with Crippen molar-refractivity contribution in [3.8, 4) is 34.5 Å². The lowest BCUT2D eigenvalue weighted by molar-refractivity contribution is -0.384. The number of para-hydroxylation sites is 1. The molecule has 27 heavy (non-hydrogen) atoms. The van der Waals surface area contributed by atoms with Crippen molar-refractivity contribution in [2.24, 2.45) is 0 Å². The zero-order valence-electron chi connectivity index (χ0n) is 14.0. The van der Waals surface area contributed by atoms with Gasteiger partial charge < -0.3 is 9.52 Å². The van der Waals surface area contributed by atoms with Gasteiger partial charge in [0, 0.05) is 12.1 Å². The van der Waals surface area contributed by atoms with E-state index in [4.69, 9.17) is 4.42 Å². The summed E-state index contributed by atoms with van der Waals surface area (Å²) in [5, 5.41) is 36.7. The number of hydrogen-bond donors (Lipinski definition) is 1. The Morgan fingerprint density at radius 3 is 2.44 bits per heavy atom. The van der Waals surface area contributed by atoms with Crippen molar-refractivity contribution in [2.45, 2.75) is 6.92 Å². The molecule has 0 aliphatic carbocycles. The van der Waals surface area contributed by atoms with E-state index in [0.29, 0.717) is 22.6 Å². The van der Waals surface area contributed by atoms with Gasteiger partial charge in [-0.25, -0.2) is 4.68 Å². The van der Waals surface area contributed by atoms with Crippen molar-refractivity contribution >= 4 is 5.69 Å². The monoisotopic (exact) mass is 364 g/mol. The molecule has 0 fully saturated rings. The summed E-state index contributed by atoms with van der Waals surface area (Å²) in [4.78, 5) is 10.3. The summed E-state index contributed by atoms with van der Waals surface area (Å²) in [7, 11) is 0. The molecule has 2 heterocycles. The maximum absolute atomic E-state index is 10.8. The van der Waals surface area contributed by atoms with Crippen LogP contribution in [0, 0.1) is 17.0 Å². The van der Waals surface area contributed by atoms with Gasteiger partial charge in [0.15, 0.2) is 5.69 Å². The highest BCUT2D eigenvalue weighted by atomic mass is 16.6. The zero-order chi connectivity index (χ0) is 19.0. The third kappa shape index (κ3) is 2.88. The summed E-state index contributed by atoms with van der Waals surface area (Å²) >= 11 is 0. The van der Waals surface area contributed by atoms with Crippen LogP contribution in [-0.2, 0) is 0 Å². The average Bonchev–Trinajstić information content (AvgIpc) is 3.29. The van der Waals surface area contributed by atoms with Crippen LogP contribution in [0.1, 0.15) is 5.69 Å². The van der Waals surface area contributed by atoms with Crippen molar-refractivity contribution in [3.63, 3.8) is 0 Å². The summed E-state index contributed by atoms with van der Waals surface area (Å²) in [5.41, 5.74) is 2.01. The van der Waals surface area contributed by atoms with Crippen LogP contribution in [0.5, 0.6) is 5.75 Å². The van der Waals surface area contributed by atoms with Gasteiger partial charge in [-0.1, -0.05) is 17.3 Å². The molecule has 0 unspecified atom stereocenters. The van der Waals surface area contributed by atoms with E-state index in [1.165, 1.54) is 22.9 Å². The van der Waals surface area contributed by atoms with Crippen molar-refractivity contribution < 1.29 is 14.4 Å². The Morgan fingerprint density at radius 2 is 1.74 bits per heavy atom. The first-order valence-electron chi connectivity index (χ1n) is 7.84. The largest absolute Gasteiger partial charge is 0.507 e. The Morgan fingerprint density at radius 1 is 1.04 bits per heavy atom. The van der Waals surface area contributed by atoms with E-state index in [9.17, 15) is 15.2 Å². The summed E-state index contributed by atoms with van der Waals surface area (Å²) in [6.45, 7) is 1.76. The fraction of sp³-hybridized carbons (Fsp3) is 0.0588. The SMILES string of the molecule is Cc1c(-c2nnc(-c3ccccc3O)o2)nnn1-c1ccc([N+](=O)[O-])cc1. The standard InChI is InChI=1S/C17H12N6O4/c1-10-15(17-20-19-16(27-17)13-4-2-3-5-14(13)24)18-21-22(10)11-6-8-12(9-7-11)23(25)26/h2-9,24H,1H3. The van der Waals surface area contributed by atoms with Crippen molar-refractivity contribution in [1.29, 1.82) is 0 Å². The van der Waals surface area contributed by atoms with Gasteiger partial charge in [-0.3, -0.25) is 10.1 Å². The van der Waals surface area contributed by atoms with Crippen LogP contribution < -0.4 is 0 Å². The number of hydrogen-bond acceptors (Lipinski definition) is 8. The van der Waals surface area contributed by atoms with E-state index in [1.807, 2.05) is 0 Å². The third-order valence-corrected chi connectivity index (χ3v) is 3.96. The van der Waals surface area contributed by atoms with Crippen LogP contribution in [0.2, 0.25) is 0 Å². The second-order valence-electron chi connectivity index (χ2n) is 5.64. The van der Waals surface area contributed by atoms with Crippen molar-refractivity contribution in [1.82, 2.24) is 25.2 Å². The summed E-state index contributed by atoms with van der Waals surface area (Å²) in [6, 6.07) is 12.5. The molecule has 134 valence electrons. The second-order valence-corrected chi connectivity index (χ2v) is 5.64. The Hall–Kier alpha value is -4.08. The minimum absolute atomic E-state index is 0.0130. The maximum Gasteiger partial charge on any atom is 0.270 e. The van der Waals surface area contributed by atoms with E-state index in [-0.39, 0.29) is 23.2 Å². The Kier molecular flexibility index (Phi) is 3.84. The number of aromatic hydroxyl groups is 1. The summed E-state index contributed by atoms with van der Waals surface area (Å²) in [6.07, 6.45) is 0. The number of non-ortho nitro benzene ring substituents is 1. The van der Waals surface area contributed by atoms with E-state index in [2.05, 4.69) is 20.5 Å². The van der Waals surface area contributed by atoms with Crippen molar-refractivity contribution in [3.05, 3.63) is 64.3 Å². The first kappa shape index (κ1) is 16.4. The molecule has 0 saturated carbocycles. The number of benzene rings is 2. The summed E-state index contributed by atoms with van der Waals surface area (Å²) in [5.74, 6) is 0.338. The van der Waals surface area contributed by atoms with Gasteiger partial charge in [0.1, 0.15) is 5.75 Å². The van der Waals surface area contributed by atoms with Gasteiger partial charge in [0.2, 0.25) is 0 Å². The quantitative estimate of drug-likeness (QED) is 0.431. The third-order valence-electron chi connectivity index (χ3n) is 3.96. The van der Waals surface area contributed by atoms with Crippen LogP contribution >= 0.6 is 0 Å². The predicted octanol–water partition coefficient (Wildman–Crippen LogP) is 2.91. The normalized spacial score (nSPS) is 10.9. The van der Waals surface area contributed by atoms with E-state index >= 15 is 0 Å². The molecule has 0 aliphatic heterocycles. The Balaban J connectivity index is 1.69. The lowest BCUT2D eigenvalue weighted by atomic mass is 10.2. The molecule has 1 N–H and O–H groups in total. The highest BCUT2D eigenvalue weighted by Gasteiger charge is 2.20. The van der Waals surface area contributed by atoms with Gasteiger partial charge in [0.25, 0.3) is 17.5 Å². The molecular weight excluding hydrogens is 352 g/mol. The van der Waals surface area contributed by atoms with Gasteiger partial charge in [-0.05, 0) is 31.2 Å². The number of nitrogens with zero attached hydrogens (tertiary/aromatic N) is 6. The lowest BCUT2D eigenvalue weighted by Gasteiger charge is -2.02. The molecule has 0 saturated heterocycles. The molecule has 0 radical (unpaired) electrons. The van der Waals surface area contributed by atoms with Gasteiger partial charge in [0.05, 0.1) is 21.9 Å². The lowest BCUT2D eigenvalue weighted by Crippen LogP contribution is -1.99. The number of nitro benzene ring substituents is 1. The van der Waals surface area contributed by atoms with Gasteiger partial charge >= 0.3 is 0 Å². The molecule has 0 amide bonds. The molecule has 10 nitrogen and oxygen atoms in total. The zero-order valence-corrected chi connectivity index (χ0v) is 14.0. The second kappa shape index (κ2) is 6.33. The number of aromatic nitrogens is 5. The van der Waals surface area contributed by atoms with E-state index in [1.54, 1.807) is 37.3 Å². The maximum atomic E-state index is 10.8. The topological polar surface area (TPSA) is 133 Å². The molecule has 4 rings (SSSR count). The van der Waals surface area contributed by atoms with E-state index in [0.717, 1.165) is 0 Å². The van der Waals surface area contributed by atoms with Crippen molar-refractivity contribution in [2.75, 3.05) is 0 Å². The van der Waals surface area contributed by atoms with Crippen LogP contribution in [-0.4, -0.2) is 35.2 Å². The van der Waals surface area contributed by atoms with Gasteiger partial charge in [-0.2, -0.15) is 0 Å². The number of phenolic OH excluding ortho intramolecular Hbond substituents is 1. The van der Waals surface area contributed by atoms with Crippen LogP contribution in [0.15, 0.2) is 52.9 Å².